The van der Waals surface area contributed by atoms with E-state index in [1.54, 1.807) is 26.0 Å². The summed E-state index contributed by atoms with van der Waals surface area (Å²) in [6.07, 6.45) is 7.28. The molecule has 0 amide bonds. The highest BCUT2D eigenvalue weighted by Gasteiger charge is 2.01. The third-order valence-corrected chi connectivity index (χ3v) is 1.65. The Balaban J connectivity index is 4.08. The molecule has 72 valence electrons. The molecule has 0 spiro atoms. The molecule has 0 rings (SSSR count). The molecule has 0 aromatic rings. The van der Waals surface area contributed by atoms with Gasteiger partial charge in [-0.05, 0) is 17.9 Å². The standard InChI is InChI=1S/C10H13IO2/c1-3-13-10(12)9(2)7-5-4-6-8-11/h4-8H,3H2,1-2H3/b5-4+,8-6-,9-7+. The van der Waals surface area contributed by atoms with Crippen molar-refractivity contribution in [2.24, 2.45) is 0 Å². The average molecular weight is 292 g/mol. The maximum Gasteiger partial charge on any atom is 0.333 e. The van der Waals surface area contributed by atoms with Gasteiger partial charge in [0.2, 0.25) is 0 Å². The highest BCUT2D eigenvalue weighted by molar-refractivity contribution is 14.1. The van der Waals surface area contributed by atoms with Crippen LogP contribution < -0.4 is 0 Å². The molecule has 13 heavy (non-hydrogen) atoms. The second-order valence-corrected chi connectivity index (χ2v) is 2.99. The number of halogens is 1. The molecule has 2 nitrogen and oxygen atoms in total. The van der Waals surface area contributed by atoms with E-state index in [4.69, 9.17) is 4.74 Å². The third-order valence-electron chi connectivity index (χ3n) is 1.24. The zero-order valence-corrected chi connectivity index (χ0v) is 9.95. The summed E-state index contributed by atoms with van der Waals surface area (Å²) in [5.41, 5.74) is 0.611. The number of hydrogen-bond acceptors (Lipinski definition) is 2. The first kappa shape index (κ1) is 12.4. The van der Waals surface area contributed by atoms with Crippen LogP contribution in [0.1, 0.15) is 13.8 Å². The lowest BCUT2D eigenvalue weighted by Gasteiger charge is -1.98. The van der Waals surface area contributed by atoms with Crippen LogP contribution in [0.3, 0.4) is 0 Å². The summed E-state index contributed by atoms with van der Waals surface area (Å²) in [7, 11) is 0. The van der Waals surface area contributed by atoms with E-state index in [0.29, 0.717) is 12.2 Å². The lowest BCUT2D eigenvalue weighted by atomic mass is 10.3. The quantitative estimate of drug-likeness (QED) is 0.344. The van der Waals surface area contributed by atoms with Gasteiger partial charge >= 0.3 is 5.97 Å². The van der Waals surface area contributed by atoms with Crippen LogP contribution in [0.4, 0.5) is 0 Å². The van der Waals surface area contributed by atoms with E-state index in [-0.39, 0.29) is 5.97 Å². The molecule has 0 aromatic heterocycles. The largest absolute Gasteiger partial charge is 0.463 e. The van der Waals surface area contributed by atoms with Crippen molar-refractivity contribution >= 4 is 28.6 Å². The minimum Gasteiger partial charge on any atom is -0.463 e. The Morgan fingerprint density at radius 1 is 1.38 bits per heavy atom. The van der Waals surface area contributed by atoms with Crippen LogP contribution in [0, 0.1) is 0 Å². The van der Waals surface area contributed by atoms with Crippen LogP contribution in [0.15, 0.2) is 34.0 Å². The Labute approximate surface area is 92.5 Å². The van der Waals surface area contributed by atoms with Crippen molar-refractivity contribution in [3.63, 3.8) is 0 Å². The van der Waals surface area contributed by atoms with E-state index in [9.17, 15) is 4.79 Å². The van der Waals surface area contributed by atoms with Gasteiger partial charge in [-0.15, -0.1) is 0 Å². The predicted molar refractivity (Wildman–Crippen MR) is 62.7 cm³/mol. The van der Waals surface area contributed by atoms with Gasteiger partial charge in [-0.3, -0.25) is 0 Å². The summed E-state index contributed by atoms with van der Waals surface area (Å²) in [5.74, 6) is -0.259. The number of carbonyl (C=O) groups excluding carboxylic acids is 1. The first-order chi connectivity index (χ1) is 6.22. The highest BCUT2D eigenvalue weighted by Crippen LogP contribution is 1.97. The molecule has 0 unspecified atom stereocenters. The highest BCUT2D eigenvalue weighted by atomic mass is 127. The van der Waals surface area contributed by atoms with Crippen LogP contribution >= 0.6 is 22.6 Å². The van der Waals surface area contributed by atoms with Crippen molar-refractivity contribution in [2.45, 2.75) is 13.8 Å². The number of rotatable bonds is 4. The molecule has 0 saturated heterocycles. The van der Waals surface area contributed by atoms with Crippen molar-refractivity contribution in [1.82, 2.24) is 0 Å². The molecule has 0 atom stereocenters. The predicted octanol–water partition coefficient (Wildman–Crippen LogP) is 3.00. The summed E-state index contributed by atoms with van der Waals surface area (Å²) in [6.45, 7) is 3.94. The average Bonchev–Trinajstić information content (AvgIpc) is 2.12. The van der Waals surface area contributed by atoms with Crippen molar-refractivity contribution < 1.29 is 9.53 Å². The first-order valence-electron chi connectivity index (χ1n) is 3.99. The maximum atomic E-state index is 11.1. The summed E-state index contributed by atoms with van der Waals surface area (Å²) in [4.78, 5) is 11.1. The Morgan fingerprint density at radius 2 is 2.08 bits per heavy atom. The van der Waals surface area contributed by atoms with E-state index in [2.05, 4.69) is 22.6 Å². The minimum absolute atomic E-state index is 0.259. The van der Waals surface area contributed by atoms with Crippen LogP contribution in [0.25, 0.3) is 0 Å². The summed E-state index contributed by atoms with van der Waals surface area (Å²) in [6, 6.07) is 0. The summed E-state index contributed by atoms with van der Waals surface area (Å²) >= 11 is 2.13. The van der Waals surface area contributed by atoms with Crippen LogP contribution in [0.5, 0.6) is 0 Å². The molecule has 0 heterocycles. The molecule has 0 radical (unpaired) electrons. The molecule has 3 heteroatoms. The number of allylic oxidation sites excluding steroid dienone is 4. The normalized spacial score (nSPS) is 12.7. The molecule has 0 aliphatic rings. The number of hydrogen-bond donors (Lipinski definition) is 0. The Bertz CT molecular complexity index is 239. The molecule has 0 aliphatic carbocycles. The van der Waals surface area contributed by atoms with Gasteiger partial charge in [-0.2, -0.15) is 0 Å². The molecule has 0 aromatic carbocycles. The Kier molecular flexibility index (Phi) is 7.68. The van der Waals surface area contributed by atoms with Gasteiger partial charge in [0, 0.05) is 5.57 Å². The smallest absolute Gasteiger partial charge is 0.333 e. The van der Waals surface area contributed by atoms with E-state index >= 15 is 0 Å². The fraction of sp³-hybridized carbons (Fsp3) is 0.300. The zero-order chi connectivity index (χ0) is 10.1. The third kappa shape index (κ3) is 6.57. The van der Waals surface area contributed by atoms with Crippen LogP contribution in [-0.4, -0.2) is 12.6 Å². The fourth-order valence-electron chi connectivity index (χ4n) is 0.619. The molecule has 0 aliphatic heterocycles. The van der Waals surface area contributed by atoms with Gasteiger partial charge in [0.15, 0.2) is 0 Å². The summed E-state index contributed by atoms with van der Waals surface area (Å²) < 4.78 is 6.69. The topological polar surface area (TPSA) is 26.3 Å². The second-order valence-electron chi connectivity index (χ2n) is 2.27. The second kappa shape index (κ2) is 8.04. The maximum absolute atomic E-state index is 11.1. The van der Waals surface area contributed by atoms with Crippen molar-refractivity contribution in [2.75, 3.05) is 6.61 Å². The lowest BCUT2D eigenvalue weighted by molar-refractivity contribution is -0.138. The number of esters is 1. The van der Waals surface area contributed by atoms with Crippen LogP contribution in [-0.2, 0) is 9.53 Å². The number of carbonyl (C=O) groups is 1. The zero-order valence-electron chi connectivity index (χ0n) is 7.79. The SMILES string of the molecule is CCOC(=O)/C(C)=C/C=C/C=C\I. The van der Waals surface area contributed by atoms with Gasteiger partial charge in [0.1, 0.15) is 0 Å². The van der Waals surface area contributed by atoms with Gasteiger partial charge < -0.3 is 4.74 Å². The number of ether oxygens (including phenoxy) is 1. The van der Waals surface area contributed by atoms with E-state index in [1.165, 1.54) is 0 Å². The Morgan fingerprint density at radius 3 is 2.62 bits per heavy atom. The fourth-order valence-corrected chi connectivity index (χ4v) is 0.859. The van der Waals surface area contributed by atoms with Gasteiger partial charge in [0.25, 0.3) is 0 Å². The van der Waals surface area contributed by atoms with E-state index in [1.807, 2.05) is 16.2 Å². The van der Waals surface area contributed by atoms with Gasteiger partial charge in [-0.1, -0.05) is 46.9 Å². The molecule has 0 bridgehead atoms. The Hall–Kier alpha value is -0.580. The molecule has 0 saturated carbocycles. The minimum atomic E-state index is -0.259. The first-order valence-corrected chi connectivity index (χ1v) is 5.24. The van der Waals surface area contributed by atoms with Gasteiger partial charge in [0.05, 0.1) is 6.61 Å². The molecule has 0 N–H and O–H groups in total. The summed E-state index contributed by atoms with van der Waals surface area (Å²) in [5, 5.41) is 0. The van der Waals surface area contributed by atoms with E-state index in [0.717, 1.165) is 0 Å². The molecule has 0 fully saturated rings. The molecular formula is C10H13IO2. The van der Waals surface area contributed by atoms with Crippen molar-refractivity contribution in [3.8, 4) is 0 Å². The lowest BCUT2D eigenvalue weighted by Crippen LogP contribution is -2.04. The van der Waals surface area contributed by atoms with Crippen LogP contribution in [0.2, 0.25) is 0 Å². The van der Waals surface area contributed by atoms with E-state index < -0.39 is 0 Å². The molecular weight excluding hydrogens is 279 g/mol. The van der Waals surface area contributed by atoms with Crippen molar-refractivity contribution in [1.29, 1.82) is 0 Å². The monoisotopic (exact) mass is 292 g/mol. The van der Waals surface area contributed by atoms with Crippen molar-refractivity contribution in [3.05, 3.63) is 34.0 Å². The van der Waals surface area contributed by atoms with Gasteiger partial charge in [-0.25, -0.2) is 4.79 Å².